The van der Waals surface area contributed by atoms with Crippen LogP contribution < -0.4 is 11.1 Å². The molecule has 0 saturated carbocycles. The number of nitrogens with two attached hydrogens (primary N) is 1. The van der Waals surface area contributed by atoms with Gasteiger partial charge in [0.05, 0.1) is 12.5 Å². The van der Waals surface area contributed by atoms with Crippen molar-refractivity contribution in [1.29, 1.82) is 0 Å². The Labute approximate surface area is 101 Å². The fourth-order valence-electron chi connectivity index (χ4n) is 0.809. The maximum atomic E-state index is 11.3. The molecule has 7 nitrogen and oxygen atoms in total. The number of carbonyl (C=O) groups excluding carboxylic acids is 1. The van der Waals surface area contributed by atoms with E-state index in [1.165, 1.54) is 0 Å². The Balaban J connectivity index is 4.28. The molecule has 5 N–H and O–H groups in total. The van der Waals surface area contributed by atoms with Crippen molar-refractivity contribution in [3.8, 4) is 0 Å². The number of nitrogens with one attached hydrogen (secondary N) is 1. The van der Waals surface area contributed by atoms with Crippen molar-refractivity contribution in [1.82, 2.24) is 5.32 Å². The third kappa shape index (κ3) is 5.83. The Hall–Kier alpha value is -0.930. The fraction of sp³-hybridized carbons (Fsp3) is 0.571. The summed E-state index contributed by atoms with van der Waals surface area (Å²) in [6.45, 7) is 0. The van der Waals surface area contributed by atoms with Gasteiger partial charge in [0.2, 0.25) is 5.91 Å². The lowest BCUT2D eigenvalue weighted by molar-refractivity contribution is -0.142. The second kappa shape index (κ2) is 7.36. The summed E-state index contributed by atoms with van der Waals surface area (Å²) in [4.78, 5) is 32.2. The van der Waals surface area contributed by atoms with E-state index in [1.807, 2.05) is 0 Å². The smallest absolute Gasteiger partial charge is 0.327 e. The average molecular weight is 268 g/mol. The van der Waals surface area contributed by atoms with E-state index in [0.29, 0.717) is 0 Å². The first kappa shape index (κ1) is 15.1. The van der Waals surface area contributed by atoms with Crippen LogP contribution in [0.5, 0.6) is 0 Å². The molecule has 0 aliphatic heterocycles. The molecule has 0 aliphatic rings. The minimum absolute atomic E-state index is 0.0595. The van der Waals surface area contributed by atoms with Crippen molar-refractivity contribution in [2.45, 2.75) is 18.5 Å². The Kier molecular flexibility index (Phi) is 6.93. The van der Waals surface area contributed by atoms with Crippen LogP contribution in [0.3, 0.4) is 0 Å². The summed E-state index contributed by atoms with van der Waals surface area (Å²) in [5, 5.41) is 19.2. The van der Waals surface area contributed by atoms with Crippen LogP contribution in [0.15, 0.2) is 0 Å². The van der Waals surface area contributed by atoms with Crippen molar-refractivity contribution < 1.29 is 24.6 Å². The quantitative estimate of drug-likeness (QED) is 0.294. The number of rotatable bonds is 7. The minimum atomic E-state index is -1.26. The topological polar surface area (TPSA) is 130 Å². The number of thiol groups is 1. The highest BCUT2D eigenvalue weighted by Crippen LogP contribution is 2.07. The van der Waals surface area contributed by atoms with E-state index in [9.17, 15) is 14.4 Å². The molecule has 0 aliphatic carbocycles. The second-order valence-corrected chi connectivity index (χ2v) is 4.27. The normalized spacial score (nSPS) is 13.9. The summed E-state index contributed by atoms with van der Waals surface area (Å²) >= 11 is 3.76. The van der Waals surface area contributed by atoms with Crippen molar-refractivity contribution in [3.05, 3.63) is 0 Å². The van der Waals surface area contributed by atoms with E-state index in [0.717, 1.165) is 10.8 Å². The van der Waals surface area contributed by atoms with Crippen LogP contribution in [0.4, 0.5) is 0 Å². The largest absolute Gasteiger partial charge is 0.481 e. The maximum Gasteiger partial charge on any atom is 0.327 e. The Morgan fingerprint density at radius 2 is 1.94 bits per heavy atom. The van der Waals surface area contributed by atoms with Gasteiger partial charge in [-0.05, 0) is 0 Å². The van der Waals surface area contributed by atoms with Crippen LogP contribution in [0.2, 0.25) is 0 Å². The molecule has 0 radical (unpaired) electrons. The third-order valence-corrected chi connectivity index (χ3v) is 2.52. The molecular weight excluding hydrogens is 256 g/mol. The maximum absolute atomic E-state index is 11.3. The lowest BCUT2D eigenvalue weighted by atomic mass is 10.2. The molecule has 1 amide bonds. The van der Waals surface area contributed by atoms with Crippen molar-refractivity contribution in [2.24, 2.45) is 5.73 Å². The lowest BCUT2D eigenvalue weighted by Crippen LogP contribution is -2.50. The number of carboxylic acids is 2. The highest BCUT2D eigenvalue weighted by molar-refractivity contribution is 8.68. The number of hydrogen-bond acceptors (Lipinski definition) is 6. The number of carbonyl (C=O) groups is 3. The summed E-state index contributed by atoms with van der Waals surface area (Å²) in [5.41, 5.74) is 5.25. The standard InChI is InChI=1S/C7H12N2O5S2/c8-3(1-5(10)11)6(12)9-4(2-16-15)7(13)14/h3-4,15H,1-2,8H2,(H,9,12)(H,10,11)(H,13,14)/t3-,4-/m0/s1. The van der Waals surface area contributed by atoms with Crippen molar-refractivity contribution in [3.63, 3.8) is 0 Å². The lowest BCUT2D eigenvalue weighted by Gasteiger charge is -2.15. The summed E-state index contributed by atoms with van der Waals surface area (Å²) in [6, 6.07) is -2.39. The number of aliphatic carboxylic acids is 2. The third-order valence-electron chi connectivity index (χ3n) is 1.59. The molecule has 0 heterocycles. The second-order valence-electron chi connectivity index (χ2n) is 2.90. The van der Waals surface area contributed by atoms with Crippen LogP contribution in [0, 0.1) is 0 Å². The van der Waals surface area contributed by atoms with Gasteiger partial charge >= 0.3 is 11.9 Å². The van der Waals surface area contributed by atoms with Gasteiger partial charge in [-0.1, -0.05) is 10.8 Å². The first-order valence-corrected chi connectivity index (χ1v) is 6.19. The highest BCUT2D eigenvalue weighted by Gasteiger charge is 2.24. The molecule has 0 saturated heterocycles. The summed E-state index contributed by atoms with van der Waals surface area (Å²) < 4.78 is 0. The van der Waals surface area contributed by atoms with E-state index in [4.69, 9.17) is 15.9 Å². The predicted molar refractivity (Wildman–Crippen MR) is 61.2 cm³/mol. The SMILES string of the molecule is N[C@@H](CC(=O)O)C(=O)N[C@@H](CSS)C(=O)O. The molecule has 2 atom stereocenters. The highest BCUT2D eigenvalue weighted by atomic mass is 33.1. The van der Waals surface area contributed by atoms with Gasteiger partial charge in [0.1, 0.15) is 6.04 Å². The van der Waals surface area contributed by atoms with Gasteiger partial charge in [0.25, 0.3) is 0 Å². The zero-order chi connectivity index (χ0) is 12.7. The molecule has 0 aromatic rings. The molecule has 16 heavy (non-hydrogen) atoms. The predicted octanol–water partition coefficient (Wildman–Crippen LogP) is -1.06. The van der Waals surface area contributed by atoms with E-state index in [-0.39, 0.29) is 5.75 Å². The van der Waals surface area contributed by atoms with Crippen molar-refractivity contribution >= 4 is 40.3 Å². The zero-order valence-corrected chi connectivity index (χ0v) is 9.83. The Morgan fingerprint density at radius 1 is 1.38 bits per heavy atom. The molecule has 0 unspecified atom stereocenters. The fourth-order valence-corrected chi connectivity index (χ4v) is 1.63. The molecular formula is C7H12N2O5S2. The zero-order valence-electron chi connectivity index (χ0n) is 8.12. The van der Waals surface area contributed by atoms with Gasteiger partial charge in [-0.15, -0.1) is 11.7 Å². The van der Waals surface area contributed by atoms with Crippen molar-refractivity contribution in [2.75, 3.05) is 5.75 Å². The van der Waals surface area contributed by atoms with E-state index in [1.54, 1.807) is 0 Å². The number of carboxylic acid groups (broad SMARTS) is 2. The van der Waals surface area contributed by atoms with Crippen LogP contribution in [0.1, 0.15) is 6.42 Å². The van der Waals surface area contributed by atoms with E-state index in [2.05, 4.69) is 17.0 Å². The van der Waals surface area contributed by atoms with Crippen LogP contribution in [-0.2, 0) is 14.4 Å². The van der Waals surface area contributed by atoms with Gasteiger partial charge in [-0.25, -0.2) is 4.79 Å². The molecule has 0 rings (SSSR count). The molecule has 0 aromatic carbocycles. The van der Waals surface area contributed by atoms with Crippen LogP contribution in [-0.4, -0.2) is 45.9 Å². The van der Waals surface area contributed by atoms with E-state index < -0.39 is 36.4 Å². The molecule has 0 fully saturated rings. The molecule has 0 bridgehead atoms. The number of hydrogen-bond donors (Lipinski definition) is 5. The van der Waals surface area contributed by atoms with Gasteiger partial charge in [0, 0.05) is 5.75 Å². The first-order valence-electron chi connectivity index (χ1n) is 4.15. The van der Waals surface area contributed by atoms with Crippen LogP contribution in [0.25, 0.3) is 0 Å². The van der Waals surface area contributed by atoms with Gasteiger partial charge < -0.3 is 21.3 Å². The Morgan fingerprint density at radius 3 is 2.31 bits per heavy atom. The van der Waals surface area contributed by atoms with Gasteiger partial charge in [-0.3, -0.25) is 9.59 Å². The van der Waals surface area contributed by atoms with Gasteiger partial charge in [-0.2, -0.15) is 0 Å². The number of amides is 1. The summed E-state index contributed by atoms with van der Waals surface area (Å²) in [6.07, 6.45) is -0.549. The van der Waals surface area contributed by atoms with E-state index >= 15 is 0 Å². The Bertz CT molecular complexity index is 286. The molecule has 0 spiro atoms. The molecule has 0 aromatic heterocycles. The molecule has 92 valence electrons. The minimum Gasteiger partial charge on any atom is -0.481 e. The van der Waals surface area contributed by atoms with Crippen LogP contribution >= 0.6 is 22.5 Å². The monoisotopic (exact) mass is 268 g/mol. The summed E-state index contributed by atoms with van der Waals surface area (Å²) in [7, 11) is 0.947. The average Bonchev–Trinajstić information content (AvgIpc) is 2.15. The van der Waals surface area contributed by atoms with Gasteiger partial charge in [0.15, 0.2) is 0 Å². The summed E-state index contributed by atoms with van der Waals surface area (Å²) in [5.74, 6) is -3.20. The first-order chi connectivity index (χ1) is 7.38. The molecule has 9 heteroatoms.